The Bertz CT molecular complexity index is 491. The molecule has 0 saturated carbocycles. The van der Waals surface area contributed by atoms with Crippen LogP contribution >= 0.6 is 0 Å². The highest BCUT2D eigenvalue weighted by molar-refractivity contribution is 5.35. The van der Waals surface area contributed by atoms with Crippen molar-refractivity contribution in [1.82, 2.24) is 9.78 Å². The first-order valence-electron chi connectivity index (χ1n) is 5.22. The Morgan fingerprint density at radius 2 is 2.25 bits per heavy atom. The Balaban J connectivity index is 2.41. The molecule has 2 rings (SSSR count). The zero-order valence-electron chi connectivity index (χ0n) is 9.15. The molecule has 2 N–H and O–H groups in total. The van der Waals surface area contributed by atoms with Crippen LogP contribution in [0.2, 0.25) is 0 Å². The first-order valence-corrected chi connectivity index (χ1v) is 5.22. The molecular formula is C12H14FN3. The zero-order chi connectivity index (χ0) is 11.5. The second-order valence-electron chi connectivity index (χ2n) is 3.75. The van der Waals surface area contributed by atoms with Gasteiger partial charge in [0.15, 0.2) is 0 Å². The molecule has 3 nitrogen and oxygen atoms in total. The van der Waals surface area contributed by atoms with E-state index in [9.17, 15) is 4.39 Å². The molecule has 1 aromatic heterocycles. The van der Waals surface area contributed by atoms with Gasteiger partial charge in [0.25, 0.3) is 0 Å². The van der Waals surface area contributed by atoms with E-state index in [-0.39, 0.29) is 5.95 Å². The molecule has 4 heteroatoms. The molecular weight excluding hydrogens is 205 g/mol. The van der Waals surface area contributed by atoms with Crippen LogP contribution in [0.15, 0.2) is 30.5 Å². The van der Waals surface area contributed by atoms with E-state index in [2.05, 4.69) is 5.10 Å². The van der Waals surface area contributed by atoms with E-state index in [0.717, 1.165) is 11.3 Å². The average Bonchev–Trinajstić information content (AvgIpc) is 2.61. The number of hydrogen-bond donors (Lipinski definition) is 1. The molecule has 0 aliphatic carbocycles. The molecule has 0 atom stereocenters. The minimum atomic E-state index is -0.323. The predicted octanol–water partition coefficient (Wildman–Crippen LogP) is 1.82. The zero-order valence-corrected chi connectivity index (χ0v) is 9.15. The van der Waals surface area contributed by atoms with Gasteiger partial charge in [0, 0.05) is 5.56 Å². The first kappa shape index (κ1) is 10.8. The van der Waals surface area contributed by atoms with Crippen LogP contribution in [0, 0.1) is 12.9 Å². The van der Waals surface area contributed by atoms with Gasteiger partial charge in [-0.1, -0.05) is 12.1 Å². The molecule has 84 valence electrons. The third kappa shape index (κ3) is 1.97. The third-order valence-electron chi connectivity index (χ3n) is 2.44. The van der Waals surface area contributed by atoms with Crippen LogP contribution in [0.4, 0.5) is 4.39 Å². The van der Waals surface area contributed by atoms with E-state index in [0.29, 0.717) is 18.5 Å². The van der Waals surface area contributed by atoms with Crippen molar-refractivity contribution in [3.8, 4) is 5.69 Å². The second kappa shape index (κ2) is 4.45. The largest absolute Gasteiger partial charge is 0.330 e. The summed E-state index contributed by atoms with van der Waals surface area (Å²) in [6.07, 6.45) is 2.04. The van der Waals surface area contributed by atoms with Gasteiger partial charge in [-0.15, -0.1) is 0 Å². The van der Waals surface area contributed by atoms with E-state index >= 15 is 0 Å². The predicted molar refractivity (Wildman–Crippen MR) is 61.0 cm³/mol. The van der Waals surface area contributed by atoms with Crippen molar-refractivity contribution in [1.29, 1.82) is 0 Å². The van der Waals surface area contributed by atoms with Crippen molar-refractivity contribution in [2.75, 3.05) is 6.54 Å². The van der Waals surface area contributed by atoms with Crippen molar-refractivity contribution in [2.24, 2.45) is 5.73 Å². The van der Waals surface area contributed by atoms with Gasteiger partial charge in [-0.25, -0.2) is 4.68 Å². The van der Waals surface area contributed by atoms with Gasteiger partial charge < -0.3 is 5.73 Å². The van der Waals surface area contributed by atoms with Gasteiger partial charge in [0.05, 0.1) is 11.9 Å². The van der Waals surface area contributed by atoms with Crippen LogP contribution in [0.1, 0.15) is 11.1 Å². The maximum Gasteiger partial charge on any atom is 0.219 e. The van der Waals surface area contributed by atoms with Gasteiger partial charge in [-0.05, 0) is 37.6 Å². The van der Waals surface area contributed by atoms with Gasteiger partial charge >= 0.3 is 0 Å². The minimum Gasteiger partial charge on any atom is -0.330 e. The minimum absolute atomic E-state index is 0.323. The monoisotopic (exact) mass is 219 g/mol. The molecule has 0 aliphatic rings. The Kier molecular flexibility index (Phi) is 3.01. The summed E-state index contributed by atoms with van der Waals surface area (Å²) >= 11 is 0. The Morgan fingerprint density at radius 1 is 1.44 bits per heavy atom. The number of hydrogen-bond acceptors (Lipinski definition) is 2. The van der Waals surface area contributed by atoms with Crippen molar-refractivity contribution >= 4 is 0 Å². The standard InChI is InChI=1S/C12H14FN3/c1-9-3-2-4-11(7-9)16-12(13)10(5-6-14)8-15-16/h2-4,7-8H,5-6,14H2,1H3. The molecule has 0 spiro atoms. The van der Waals surface area contributed by atoms with Crippen molar-refractivity contribution in [2.45, 2.75) is 13.3 Å². The molecule has 0 fully saturated rings. The smallest absolute Gasteiger partial charge is 0.219 e. The number of nitrogens with two attached hydrogens (primary N) is 1. The van der Waals surface area contributed by atoms with Gasteiger partial charge in [0.2, 0.25) is 5.95 Å². The van der Waals surface area contributed by atoms with E-state index < -0.39 is 0 Å². The summed E-state index contributed by atoms with van der Waals surface area (Å²) in [4.78, 5) is 0. The van der Waals surface area contributed by atoms with Crippen LogP contribution in [0.25, 0.3) is 5.69 Å². The van der Waals surface area contributed by atoms with Crippen molar-refractivity contribution in [3.63, 3.8) is 0 Å². The molecule has 0 saturated heterocycles. The lowest BCUT2D eigenvalue weighted by atomic mass is 10.2. The van der Waals surface area contributed by atoms with Crippen LogP contribution in [0.3, 0.4) is 0 Å². The molecule has 2 aromatic rings. The second-order valence-corrected chi connectivity index (χ2v) is 3.75. The summed E-state index contributed by atoms with van der Waals surface area (Å²) in [5.74, 6) is -0.323. The quantitative estimate of drug-likeness (QED) is 0.855. The van der Waals surface area contributed by atoms with Crippen LogP contribution in [-0.2, 0) is 6.42 Å². The fourth-order valence-corrected chi connectivity index (χ4v) is 1.63. The summed E-state index contributed by atoms with van der Waals surface area (Å²) in [7, 11) is 0. The number of benzene rings is 1. The van der Waals surface area contributed by atoms with Gasteiger partial charge in [-0.3, -0.25) is 0 Å². The molecule has 0 amide bonds. The summed E-state index contributed by atoms with van der Waals surface area (Å²) in [6, 6.07) is 7.57. The van der Waals surface area contributed by atoms with E-state index in [1.807, 2.05) is 31.2 Å². The van der Waals surface area contributed by atoms with Crippen molar-refractivity contribution < 1.29 is 4.39 Å². The normalized spacial score (nSPS) is 10.7. The summed E-state index contributed by atoms with van der Waals surface area (Å²) in [6.45, 7) is 2.39. The lowest BCUT2D eigenvalue weighted by Crippen LogP contribution is -2.05. The molecule has 1 heterocycles. The number of halogens is 1. The topological polar surface area (TPSA) is 43.8 Å². The number of aryl methyl sites for hydroxylation is 1. The van der Waals surface area contributed by atoms with Gasteiger partial charge in [0.1, 0.15) is 0 Å². The maximum atomic E-state index is 13.9. The highest BCUT2D eigenvalue weighted by atomic mass is 19.1. The summed E-state index contributed by atoms with van der Waals surface area (Å²) < 4.78 is 15.2. The summed E-state index contributed by atoms with van der Waals surface area (Å²) in [5.41, 5.74) is 7.77. The maximum absolute atomic E-state index is 13.9. The third-order valence-corrected chi connectivity index (χ3v) is 2.44. The van der Waals surface area contributed by atoms with E-state index in [1.54, 1.807) is 0 Å². The Morgan fingerprint density at radius 3 is 2.94 bits per heavy atom. The first-order chi connectivity index (χ1) is 7.72. The van der Waals surface area contributed by atoms with Crippen molar-refractivity contribution in [3.05, 3.63) is 47.5 Å². The SMILES string of the molecule is Cc1cccc(-n2ncc(CCN)c2F)c1. The lowest BCUT2D eigenvalue weighted by Gasteiger charge is -2.03. The van der Waals surface area contributed by atoms with Crippen LogP contribution in [0.5, 0.6) is 0 Å². The van der Waals surface area contributed by atoms with Crippen LogP contribution in [-0.4, -0.2) is 16.3 Å². The molecule has 0 bridgehead atoms. The molecule has 0 aliphatic heterocycles. The number of nitrogens with zero attached hydrogens (tertiary/aromatic N) is 2. The Hall–Kier alpha value is -1.68. The van der Waals surface area contributed by atoms with E-state index in [1.165, 1.54) is 10.9 Å². The fourth-order valence-electron chi connectivity index (χ4n) is 1.63. The van der Waals surface area contributed by atoms with Gasteiger partial charge in [-0.2, -0.15) is 9.49 Å². The van der Waals surface area contributed by atoms with Crippen LogP contribution < -0.4 is 5.73 Å². The molecule has 0 radical (unpaired) electrons. The number of aromatic nitrogens is 2. The molecule has 1 aromatic carbocycles. The fraction of sp³-hybridized carbons (Fsp3) is 0.250. The molecule has 16 heavy (non-hydrogen) atoms. The lowest BCUT2D eigenvalue weighted by molar-refractivity contribution is 0.526. The molecule has 0 unspecified atom stereocenters. The Labute approximate surface area is 93.7 Å². The highest BCUT2D eigenvalue weighted by Gasteiger charge is 2.10. The highest BCUT2D eigenvalue weighted by Crippen LogP contribution is 2.14. The van der Waals surface area contributed by atoms with E-state index in [4.69, 9.17) is 5.73 Å². The number of rotatable bonds is 3. The average molecular weight is 219 g/mol. The summed E-state index contributed by atoms with van der Waals surface area (Å²) in [5, 5.41) is 4.03.